The Kier molecular flexibility index (Phi) is 3.74. The number of rotatable bonds is 3. The number of fused-ring (bicyclic) bond motifs is 1. The van der Waals surface area contributed by atoms with E-state index in [1.165, 1.54) is 12.4 Å². The molecule has 3 rings (SSSR count). The van der Waals surface area contributed by atoms with E-state index in [0.29, 0.717) is 16.7 Å². The van der Waals surface area contributed by atoms with E-state index in [9.17, 15) is 18.7 Å². The first-order valence-corrected chi connectivity index (χ1v) is 7.65. The molecule has 1 atom stereocenters. The van der Waals surface area contributed by atoms with Crippen LogP contribution in [0, 0.1) is 0 Å². The maximum atomic E-state index is 11.9. The molecule has 1 unspecified atom stereocenters. The van der Waals surface area contributed by atoms with Crippen LogP contribution < -0.4 is 5.56 Å². The van der Waals surface area contributed by atoms with Crippen molar-refractivity contribution in [3.8, 4) is 16.9 Å². The predicted molar refractivity (Wildman–Crippen MR) is 82.1 cm³/mol. The summed E-state index contributed by atoms with van der Waals surface area (Å²) in [5.41, 5.74) is 1.64. The van der Waals surface area contributed by atoms with Gasteiger partial charge in [0.15, 0.2) is 0 Å². The molecule has 0 radical (unpaired) electrons. The fourth-order valence-corrected chi connectivity index (χ4v) is 2.88. The van der Waals surface area contributed by atoms with Gasteiger partial charge in [0, 0.05) is 5.75 Å². The molecule has 0 saturated heterocycles. The largest absolute Gasteiger partial charge is 0.772 e. The van der Waals surface area contributed by atoms with Gasteiger partial charge in [0.05, 0.1) is 11.7 Å². The van der Waals surface area contributed by atoms with Crippen LogP contribution in [0.4, 0.5) is 0 Å². The van der Waals surface area contributed by atoms with Gasteiger partial charge in [-0.15, -0.1) is 0 Å². The van der Waals surface area contributed by atoms with Crippen LogP contribution in [0.5, 0.6) is 5.75 Å². The van der Waals surface area contributed by atoms with Gasteiger partial charge in [0.25, 0.3) is 5.56 Å². The molecule has 0 amide bonds. The molecule has 0 aliphatic carbocycles. The van der Waals surface area contributed by atoms with Crippen LogP contribution >= 0.6 is 0 Å². The van der Waals surface area contributed by atoms with Crippen molar-refractivity contribution in [2.24, 2.45) is 0 Å². The van der Waals surface area contributed by atoms with Crippen LogP contribution in [-0.2, 0) is 16.8 Å². The Bertz CT molecular complexity index is 936. The smallest absolute Gasteiger partial charge is 0.258 e. The zero-order chi connectivity index (χ0) is 15.7. The highest BCUT2D eigenvalue weighted by molar-refractivity contribution is 7.78. The molecule has 0 aliphatic rings. The Morgan fingerprint density at radius 1 is 1.27 bits per heavy atom. The summed E-state index contributed by atoms with van der Waals surface area (Å²) in [7, 11) is 0. The molecule has 22 heavy (non-hydrogen) atoms. The zero-order valence-corrected chi connectivity index (χ0v) is 12.1. The van der Waals surface area contributed by atoms with E-state index in [1.807, 2.05) is 0 Å². The number of H-pyrrole nitrogens is 1. The minimum atomic E-state index is -2.23. The topological polar surface area (TPSA) is 106 Å². The van der Waals surface area contributed by atoms with Gasteiger partial charge in [-0.1, -0.05) is 35.3 Å². The molecule has 112 valence electrons. The third-order valence-corrected chi connectivity index (χ3v) is 3.87. The molecule has 0 fully saturated rings. The number of nitrogens with one attached hydrogen (secondary N) is 1. The average molecular weight is 315 g/mol. The molecule has 3 aromatic rings. The Labute approximate surface area is 127 Å². The van der Waals surface area contributed by atoms with Crippen LogP contribution in [0.3, 0.4) is 0 Å². The maximum absolute atomic E-state index is 11.9. The molecule has 2 aromatic carbocycles. The summed E-state index contributed by atoms with van der Waals surface area (Å²) in [6, 6.07) is 10.0. The molecule has 6 nitrogen and oxygen atoms in total. The first-order valence-electron chi connectivity index (χ1n) is 6.41. The Morgan fingerprint density at radius 2 is 2.05 bits per heavy atom. The predicted octanol–water partition coefficient (Wildman–Crippen LogP) is 1.67. The average Bonchev–Trinajstić information content (AvgIpc) is 2.48. The molecular weight excluding hydrogens is 304 g/mol. The lowest BCUT2D eigenvalue weighted by Gasteiger charge is -2.12. The van der Waals surface area contributed by atoms with Gasteiger partial charge in [-0.3, -0.25) is 9.00 Å². The second-order valence-corrected chi connectivity index (χ2v) is 5.62. The number of hydrogen-bond donors (Lipinski definition) is 2. The number of phenols is 1. The third kappa shape index (κ3) is 2.63. The summed E-state index contributed by atoms with van der Waals surface area (Å²) in [5, 5.41) is 10.3. The van der Waals surface area contributed by atoms with Gasteiger partial charge >= 0.3 is 0 Å². The first kappa shape index (κ1) is 14.4. The second-order valence-electron chi connectivity index (χ2n) is 4.73. The van der Waals surface area contributed by atoms with E-state index in [2.05, 4.69) is 9.97 Å². The first-order chi connectivity index (χ1) is 10.6. The monoisotopic (exact) mass is 315 g/mol. The van der Waals surface area contributed by atoms with E-state index in [1.54, 1.807) is 30.3 Å². The van der Waals surface area contributed by atoms with Gasteiger partial charge in [-0.05, 0) is 28.8 Å². The quantitative estimate of drug-likeness (QED) is 0.715. The van der Waals surface area contributed by atoms with Gasteiger partial charge in [-0.2, -0.15) is 0 Å². The van der Waals surface area contributed by atoms with Crippen molar-refractivity contribution in [1.29, 1.82) is 0 Å². The number of benzene rings is 2. The number of aromatic hydroxyl groups is 1. The Hall–Kier alpha value is -2.51. The van der Waals surface area contributed by atoms with Crippen molar-refractivity contribution in [1.82, 2.24) is 9.97 Å². The fourth-order valence-electron chi connectivity index (χ4n) is 2.37. The lowest BCUT2D eigenvalue weighted by molar-refractivity contribution is 0.480. The van der Waals surface area contributed by atoms with Gasteiger partial charge < -0.3 is 14.6 Å². The van der Waals surface area contributed by atoms with Crippen LogP contribution in [-0.4, -0.2) is 23.8 Å². The highest BCUT2D eigenvalue weighted by Crippen LogP contribution is 2.31. The molecule has 1 aromatic heterocycles. The van der Waals surface area contributed by atoms with Crippen molar-refractivity contribution in [2.45, 2.75) is 5.75 Å². The number of aromatic nitrogens is 2. The summed E-state index contributed by atoms with van der Waals surface area (Å²) >= 11 is -2.23. The molecule has 0 aliphatic heterocycles. The molecule has 0 bridgehead atoms. The summed E-state index contributed by atoms with van der Waals surface area (Å²) in [5.74, 6) is -0.269. The van der Waals surface area contributed by atoms with E-state index in [4.69, 9.17) is 0 Å². The summed E-state index contributed by atoms with van der Waals surface area (Å²) in [6.45, 7) is 0. The van der Waals surface area contributed by atoms with Crippen LogP contribution in [0.25, 0.3) is 22.0 Å². The molecular formula is C15H11N2O4S-. The van der Waals surface area contributed by atoms with Crippen LogP contribution in [0.2, 0.25) is 0 Å². The molecule has 7 heteroatoms. The van der Waals surface area contributed by atoms with Crippen molar-refractivity contribution < 1.29 is 13.9 Å². The van der Waals surface area contributed by atoms with Crippen molar-refractivity contribution in [3.05, 3.63) is 58.6 Å². The minimum Gasteiger partial charge on any atom is -0.772 e. The summed E-state index contributed by atoms with van der Waals surface area (Å²) in [4.78, 5) is 18.3. The fraction of sp³-hybridized carbons (Fsp3) is 0.0667. The number of aromatic amines is 1. The highest BCUT2D eigenvalue weighted by Gasteiger charge is 2.11. The minimum absolute atomic E-state index is 0.128. The second kappa shape index (κ2) is 5.70. The number of phenolic OH excluding ortho intramolecular Hbond substituents is 1. The standard InChI is InChI=1S/C15H12N2O4S/c18-13-6-10(5-12-14(13)16-8-17-15(12)19)11-4-2-1-3-9(11)7-22(20)21/h1-6,8,18H,7H2,(H,20,21)(H,16,17,19)/p-1. The SMILES string of the molecule is O=c1[nH]cnc2c(O)cc(-c3ccccc3CS(=O)[O-])cc12. The molecule has 0 saturated carbocycles. The number of nitrogens with zero attached hydrogens (tertiary/aromatic N) is 1. The van der Waals surface area contributed by atoms with Crippen molar-refractivity contribution in [3.63, 3.8) is 0 Å². The summed E-state index contributed by atoms with van der Waals surface area (Å²) < 4.78 is 21.9. The Morgan fingerprint density at radius 3 is 2.82 bits per heavy atom. The van der Waals surface area contributed by atoms with Crippen molar-refractivity contribution >= 4 is 22.0 Å². The lowest BCUT2D eigenvalue weighted by Crippen LogP contribution is -2.06. The van der Waals surface area contributed by atoms with E-state index >= 15 is 0 Å². The molecule has 0 spiro atoms. The molecule has 1 heterocycles. The maximum Gasteiger partial charge on any atom is 0.258 e. The van der Waals surface area contributed by atoms with Crippen molar-refractivity contribution in [2.75, 3.05) is 0 Å². The number of hydrogen-bond acceptors (Lipinski definition) is 5. The van der Waals surface area contributed by atoms with Crippen LogP contribution in [0.1, 0.15) is 5.56 Å². The van der Waals surface area contributed by atoms with E-state index < -0.39 is 11.1 Å². The van der Waals surface area contributed by atoms with Gasteiger partial charge in [0.2, 0.25) is 0 Å². The zero-order valence-electron chi connectivity index (χ0n) is 11.3. The van der Waals surface area contributed by atoms with E-state index in [0.717, 1.165) is 0 Å². The lowest BCUT2D eigenvalue weighted by atomic mass is 9.99. The van der Waals surface area contributed by atoms with E-state index in [-0.39, 0.29) is 28.0 Å². The van der Waals surface area contributed by atoms with Gasteiger partial charge in [0.1, 0.15) is 11.3 Å². The summed E-state index contributed by atoms with van der Waals surface area (Å²) in [6.07, 6.45) is 1.22. The van der Waals surface area contributed by atoms with Gasteiger partial charge in [-0.25, -0.2) is 4.98 Å². The normalized spacial score (nSPS) is 12.4. The third-order valence-electron chi connectivity index (χ3n) is 3.33. The Balaban J connectivity index is 2.25. The molecule has 2 N–H and O–H groups in total. The highest BCUT2D eigenvalue weighted by atomic mass is 32.2. The van der Waals surface area contributed by atoms with Crippen LogP contribution in [0.15, 0.2) is 47.5 Å².